The number of carbonyl (C=O) groups is 1. The van der Waals surface area contributed by atoms with Crippen LogP contribution in [0.4, 0.5) is 18.9 Å². The van der Waals surface area contributed by atoms with Gasteiger partial charge in [-0.15, -0.1) is 0 Å². The number of hydrogen-bond acceptors (Lipinski definition) is 5. The van der Waals surface area contributed by atoms with Crippen LogP contribution in [-0.4, -0.2) is 40.1 Å². The second kappa shape index (κ2) is 8.01. The Bertz CT molecular complexity index is 1310. The summed E-state index contributed by atoms with van der Waals surface area (Å²) in [6.07, 6.45) is 2.04. The first-order valence-corrected chi connectivity index (χ1v) is 10.3. The summed E-state index contributed by atoms with van der Waals surface area (Å²) < 4.78 is 45.0. The number of carbonyl (C=O) groups excluding carboxylic acids is 1. The van der Waals surface area contributed by atoms with Gasteiger partial charge in [-0.05, 0) is 13.0 Å². The number of aryl methyl sites for hydroxylation is 1. The first kappa shape index (κ1) is 22.5. The van der Waals surface area contributed by atoms with Crippen LogP contribution in [0.5, 0.6) is 0 Å². The van der Waals surface area contributed by atoms with E-state index in [-0.39, 0.29) is 17.0 Å². The van der Waals surface area contributed by atoms with Gasteiger partial charge in [0.15, 0.2) is 11.3 Å². The number of aromatic nitrogens is 7. The van der Waals surface area contributed by atoms with Gasteiger partial charge < -0.3 is 5.32 Å². The molecule has 0 atom stereocenters. The van der Waals surface area contributed by atoms with E-state index in [4.69, 9.17) is 0 Å². The fraction of sp³-hybridized carbons (Fsp3) is 0.381. The summed E-state index contributed by atoms with van der Waals surface area (Å²) in [7, 11) is 0. The minimum absolute atomic E-state index is 0.0523. The maximum absolute atomic E-state index is 13.6. The van der Waals surface area contributed by atoms with Crippen molar-refractivity contribution in [3.8, 4) is 0 Å². The van der Waals surface area contributed by atoms with Crippen LogP contribution in [0.2, 0.25) is 0 Å². The molecule has 0 radical (unpaired) electrons. The van der Waals surface area contributed by atoms with E-state index in [1.54, 1.807) is 42.5 Å². The van der Waals surface area contributed by atoms with Crippen molar-refractivity contribution in [1.82, 2.24) is 34.2 Å². The fourth-order valence-corrected chi connectivity index (χ4v) is 3.23. The van der Waals surface area contributed by atoms with Crippen molar-refractivity contribution in [3.05, 3.63) is 59.6 Å². The smallest absolute Gasteiger partial charge is 0.318 e. The van der Waals surface area contributed by atoms with Crippen LogP contribution in [-0.2, 0) is 24.7 Å². The average molecular weight is 460 g/mol. The molecule has 0 aromatic carbocycles. The second-order valence-corrected chi connectivity index (χ2v) is 8.66. The molecule has 0 fully saturated rings. The summed E-state index contributed by atoms with van der Waals surface area (Å²) >= 11 is 0. The lowest BCUT2D eigenvalue weighted by molar-refractivity contribution is -0.142. The van der Waals surface area contributed by atoms with Crippen molar-refractivity contribution in [2.45, 2.75) is 52.4 Å². The van der Waals surface area contributed by atoms with E-state index in [1.807, 2.05) is 13.1 Å². The highest BCUT2D eigenvalue weighted by Crippen LogP contribution is 2.32. The normalized spacial score (nSPS) is 12.5. The van der Waals surface area contributed by atoms with Gasteiger partial charge in [0.25, 0.3) is 5.91 Å². The molecule has 12 heteroatoms. The van der Waals surface area contributed by atoms with Gasteiger partial charge >= 0.3 is 6.18 Å². The van der Waals surface area contributed by atoms with Crippen molar-refractivity contribution in [3.63, 3.8) is 0 Å². The van der Waals surface area contributed by atoms with E-state index >= 15 is 0 Å². The maximum Gasteiger partial charge on any atom is 0.433 e. The Hall–Kier alpha value is -3.70. The van der Waals surface area contributed by atoms with Crippen molar-refractivity contribution >= 4 is 17.2 Å². The molecule has 0 spiro atoms. The fourth-order valence-electron chi connectivity index (χ4n) is 3.23. The molecule has 0 aliphatic rings. The van der Waals surface area contributed by atoms with Gasteiger partial charge in [-0.3, -0.25) is 14.2 Å². The lowest BCUT2D eigenvalue weighted by atomic mass is 9.91. The molecule has 0 saturated carbocycles. The summed E-state index contributed by atoms with van der Waals surface area (Å²) in [5.74, 6) is -0.663. The zero-order valence-electron chi connectivity index (χ0n) is 18.6. The highest BCUT2D eigenvalue weighted by atomic mass is 19.4. The number of anilines is 1. The Labute approximate surface area is 187 Å². The van der Waals surface area contributed by atoms with Crippen LogP contribution in [0.3, 0.4) is 0 Å². The molecule has 1 N–H and O–H groups in total. The molecule has 0 aliphatic heterocycles. The van der Waals surface area contributed by atoms with Gasteiger partial charge in [0, 0.05) is 36.0 Å². The summed E-state index contributed by atoms with van der Waals surface area (Å²) in [4.78, 5) is 17.0. The molecule has 0 unspecified atom stereocenters. The molecular formula is C21H23F3N8O. The van der Waals surface area contributed by atoms with Crippen LogP contribution >= 0.6 is 0 Å². The number of hydrogen-bond donors (Lipinski definition) is 1. The monoisotopic (exact) mass is 460 g/mol. The number of alkyl halides is 3. The molecule has 1 amide bonds. The third kappa shape index (κ3) is 4.73. The Morgan fingerprint density at radius 2 is 1.79 bits per heavy atom. The molecule has 174 valence electrons. The summed E-state index contributed by atoms with van der Waals surface area (Å²) in [5.41, 5.74) is -0.257. The summed E-state index contributed by atoms with van der Waals surface area (Å²) in [6.45, 7) is 8.48. The van der Waals surface area contributed by atoms with Crippen LogP contribution in [0, 0.1) is 0 Å². The Kier molecular flexibility index (Phi) is 5.46. The molecule has 33 heavy (non-hydrogen) atoms. The maximum atomic E-state index is 13.6. The predicted octanol–water partition coefficient (Wildman–Crippen LogP) is 3.76. The van der Waals surface area contributed by atoms with Crippen molar-refractivity contribution in [2.24, 2.45) is 0 Å². The van der Waals surface area contributed by atoms with E-state index in [0.29, 0.717) is 16.7 Å². The van der Waals surface area contributed by atoms with Crippen molar-refractivity contribution in [2.75, 3.05) is 5.32 Å². The Balaban J connectivity index is 1.58. The SMILES string of the molecule is CCn1cc(Cn2cc(NC(=O)c3cc4nc(C(C)(C)C)cc(C(F)(F)F)n4n3)cn2)cn1. The Morgan fingerprint density at radius 1 is 1.06 bits per heavy atom. The lowest BCUT2D eigenvalue weighted by Crippen LogP contribution is -2.20. The third-order valence-corrected chi connectivity index (χ3v) is 4.97. The van der Waals surface area contributed by atoms with Crippen molar-refractivity contribution in [1.29, 1.82) is 0 Å². The number of nitrogens with zero attached hydrogens (tertiary/aromatic N) is 7. The number of halogens is 3. The highest BCUT2D eigenvalue weighted by molar-refractivity contribution is 6.03. The molecule has 4 aromatic heterocycles. The summed E-state index contributed by atoms with van der Waals surface area (Å²) in [6, 6.07) is 2.20. The predicted molar refractivity (Wildman–Crippen MR) is 114 cm³/mol. The van der Waals surface area contributed by atoms with E-state index in [2.05, 4.69) is 25.6 Å². The second-order valence-electron chi connectivity index (χ2n) is 8.66. The minimum atomic E-state index is -4.66. The standard InChI is InChI=1S/C21H23F3N8O/c1-5-30-10-13(8-25-30)11-31-12-14(9-26-31)27-19(33)15-6-18-28-16(20(2,3)4)7-17(21(22,23)24)32(18)29-15/h6-10,12H,5,11H2,1-4H3,(H,27,33). The minimum Gasteiger partial charge on any atom is -0.318 e. The van der Waals surface area contributed by atoms with Gasteiger partial charge in [-0.2, -0.15) is 28.5 Å². The number of nitrogens with one attached hydrogen (secondary N) is 1. The molecule has 0 bridgehead atoms. The molecule has 4 rings (SSSR count). The molecule has 0 aliphatic carbocycles. The van der Waals surface area contributed by atoms with Gasteiger partial charge in [-0.1, -0.05) is 20.8 Å². The molecule has 0 saturated heterocycles. The molecular weight excluding hydrogens is 437 g/mol. The van der Waals surface area contributed by atoms with Crippen LogP contribution in [0.15, 0.2) is 36.9 Å². The van der Waals surface area contributed by atoms with Crippen LogP contribution < -0.4 is 5.32 Å². The van der Waals surface area contributed by atoms with Crippen molar-refractivity contribution < 1.29 is 18.0 Å². The zero-order valence-corrected chi connectivity index (χ0v) is 18.6. The first-order valence-electron chi connectivity index (χ1n) is 10.3. The topological polar surface area (TPSA) is 94.9 Å². The van der Waals surface area contributed by atoms with E-state index in [1.165, 1.54) is 12.3 Å². The van der Waals surface area contributed by atoms with Gasteiger partial charge in [0.05, 0.1) is 30.3 Å². The number of amides is 1. The van der Waals surface area contributed by atoms with E-state index < -0.39 is 23.2 Å². The van der Waals surface area contributed by atoms with Crippen LogP contribution in [0.25, 0.3) is 5.65 Å². The van der Waals surface area contributed by atoms with Gasteiger partial charge in [0.1, 0.15) is 5.69 Å². The summed E-state index contributed by atoms with van der Waals surface area (Å²) in [5, 5.41) is 14.9. The average Bonchev–Trinajstić information content (AvgIpc) is 3.45. The largest absolute Gasteiger partial charge is 0.433 e. The zero-order chi connectivity index (χ0) is 24.0. The third-order valence-electron chi connectivity index (χ3n) is 4.97. The van der Waals surface area contributed by atoms with Gasteiger partial charge in [0.2, 0.25) is 0 Å². The van der Waals surface area contributed by atoms with Crippen LogP contribution in [0.1, 0.15) is 55.1 Å². The van der Waals surface area contributed by atoms with E-state index in [9.17, 15) is 18.0 Å². The molecule has 4 heterocycles. The number of fused-ring (bicyclic) bond motifs is 1. The van der Waals surface area contributed by atoms with Gasteiger partial charge in [-0.25, -0.2) is 9.50 Å². The first-order chi connectivity index (χ1) is 15.4. The highest BCUT2D eigenvalue weighted by Gasteiger charge is 2.36. The lowest BCUT2D eigenvalue weighted by Gasteiger charge is -2.19. The molecule has 4 aromatic rings. The number of rotatable bonds is 5. The Morgan fingerprint density at radius 3 is 2.42 bits per heavy atom. The van der Waals surface area contributed by atoms with E-state index in [0.717, 1.165) is 18.2 Å². The quantitative estimate of drug-likeness (QED) is 0.489. The molecule has 9 nitrogen and oxygen atoms in total.